The van der Waals surface area contributed by atoms with Crippen LogP contribution in [-0.2, 0) is 5.41 Å². The highest BCUT2D eigenvalue weighted by Crippen LogP contribution is 2.35. The molecule has 3 nitrogen and oxygen atoms in total. The molecule has 106 valence electrons. The SMILES string of the molecule is CC(C)(CNCC1CCNN1)c1c(Cl)cccc1Cl. The quantitative estimate of drug-likeness (QED) is 0.783. The molecule has 0 spiro atoms. The monoisotopic (exact) mass is 301 g/mol. The van der Waals surface area contributed by atoms with Crippen molar-refractivity contribution in [3.63, 3.8) is 0 Å². The van der Waals surface area contributed by atoms with E-state index in [-0.39, 0.29) is 5.41 Å². The summed E-state index contributed by atoms with van der Waals surface area (Å²) in [6, 6.07) is 6.17. The van der Waals surface area contributed by atoms with E-state index in [0.717, 1.165) is 41.7 Å². The van der Waals surface area contributed by atoms with Gasteiger partial charge in [-0.05, 0) is 24.1 Å². The van der Waals surface area contributed by atoms with Crippen LogP contribution in [0.15, 0.2) is 18.2 Å². The van der Waals surface area contributed by atoms with Gasteiger partial charge in [0.2, 0.25) is 0 Å². The zero-order chi connectivity index (χ0) is 13.9. The topological polar surface area (TPSA) is 36.1 Å². The fourth-order valence-electron chi connectivity index (χ4n) is 2.48. The molecule has 2 rings (SSSR count). The van der Waals surface area contributed by atoms with Gasteiger partial charge >= 0.3 is 0 Å². The Morgan fingerprint density at radius 1 is 1.32 bits per heavy atom. The van der Waals surface area contributed by atoms with E-state index in [4.69, 9.17) is 23.2 Å². The molecule has 3 N–H and O–H groups in total. The Morgan fingerprint density at radius 2 is 2.00 bits per heavy atom. The fourth-order valence-corrected chi connectivity index (χ4v) is 3.39. The summed E-state index contributed by atoms with van der Waals surface area (Å²) in [5, 5.41) is 4.97. The van der Waals surface area contributed by atoms with E-state index in [1.807, 2.05) is 18.2 Å². The van der Waals surface area contributed by atoms with Crippen LogP contribution in [0.2, 0.25) is 10.0 Å². The summed E-state index contributed by atoms with van der Waals surface area (Å²) < 4.78 is 0. The highest BCUT2D eigenvalue weighted by molar-refractivity contribution is 6.36. The van der Waals surface area contributed by atoms with Gasteiger partial charge < -0.3 is 5.32 Å². The summed E-state index contributed by atoms with van der Waals surface area (Å²) in [5.74, 6) is 0. The lowest BCUT2D eigenvalue weighted by Crippen LogP contribution is -2.42. The van der Waals surface area contributed by atoms with Crippen LogP contribution in [0.5, 0.6) is 0 Å². The molecule has 5 heteroatoms. The summed E-state index contributed by atoms with van der Waals surface area (Å²) in [6.45, 7) is 7.14. The van der Waals surface area contributed by atoms with Crippen molar-refractivity contribution in [2.24, 2.45) is 0 Å². The van der Waals surface area contributed by atoms with Crippen molar-refractivity contribution in [1.82, 2.24) is 16.2 Å². The molecule has 1 aliphatic rings. The minimum Gasteiger partial charge on any atom is -0.314 e. The van der Waals surface area contributed by atoms with Crippen LogP contribution >= 0.6 is 23.2 Å². The zero-order valence-electron chi connectivity index (χ0n) is 11.4. The van der Waals surface area contributed by atoms with Gasteiger partial charge in [-0.3, -0.25) is 10.9 Å². The van der Waals surface area contributed by atoms with Gasteiger partial charge in [0.05, 0.1) is 0 Å². The van der Waals surface area contributed by atoms with Crippen LogP contribution in [-0.4, -0.2) is 25.7 Å². The third kappa shape index (κ3) is 3.83. The minimum atomic E-state index is -0.0958. The Morgan fingerprint density at radius 3 is 2.58 bits per heavy atom. The van der Waals surface area contributed by atoms with E-state index < -0.39 is 0 Å². The maximum Gasteiger partial charge on any atom is 0.0458 e. The van der Waals surface area contributed by atoms with Crippen LogP contribution < -0.4 is 16.2 Å². The first kappa shape index (κ1) is 15.1. The highest BCUT2D eigenvalue weighted by atomic mass is 35.5. The van der Waals surface area contributed by atoms with E-state index in [1.54, 1.807) is 0 Å². The van der Waals surface area contributed by atoms with Gasteiger partial charge in [-0.2, -0.15) is 0 Å². The largest absolute Gasteiger partial charge is 0.314 e. The second kappa shape index (κ2) is 6.42. The number of hydrogen-bond donors (Lipinski definition) is 3. The molecular weight excluding hydrogens is 281 g/mol. The number of hydrazine groups is 1. The van der Waals surface area contributed by atoms with E-state index in [2.05, 4.69) is 30.0 Å². The van der Waals surface area contributed by atoms with Gasteiger partial charge in [-0.1, -0.05) is 43.1 Å². The molecule has 1 heterocycles. The van der Waals surface area contributed by atoms with Crippen molar-refractivity contribution < 1.29 is 0 Å². The van der Waals surface area contributed by atoms with Crippen LogP contribution in [0.3, 0.4) is 0 Å². The molecule has 19 heavy (non-hydrogen) atoms. The number of hydrogen-bond acceptors (Lipinski definition) is 3. The first-order chi connectivity index (χ1) is 9.00. The third-order valence-electron chi connectivity index (χ3n) is 3.52. The zero-order valence-corrected chi connectivity index (χ0v) is 12.9. The summed E-state index contributed by atoms with van der Waals surface area (Å²) in [4.78, 5) is 0. The molecule has 1 aromatic carbocycles. The standard InChI is InChI=1S/C14H21Cl2N3/c1-14(2,9-17-8-10-6-7-18-19-10)13-11(15)4-3-5-12(13)16/h3-5,10,17-19H,6-9H2,1-2H3. The number of rotatable bonds is 5. The molecule has 1 unspecified atom stereocenters. The van der Waals surface area contributed by atoms with E-state index in [0.29, 0.717) is 6.04 Å². The predicted molar refractivity (Wildman–Crippen MR) is 81.9 cm³/mol. The molecule has 0 aromatic heterocycles. The Bertz CT molecular complexity index is 408. The number of benzene rings is 1. The van der Waals surface area contributed by atoms with Crippen molar-refractivity contribution in [3.05, 3.63) is 33.8 Å². The third-order valence-corrected chi connectivity index (χ3v) is 4.15. The highest BCUT2D eigenvalue weighted by Gasteiger charge is 2.26. The molecule has 0 bridgehead atoms. The first-order valence-corrected chi connectivity index (χ1v) is 7.40. The Labute approximate surface area is 125 Å². The fraction of sp³-hybridized carbons (Fsp3) is 0.571. The summed E-state index contributed by atoms with van der Waals surface area (Å²) in [5.41, 5.74) is 7.30. The maximum atomic E-state index is 6.29. The average Bonchev–Trinajstić information content (AvgIpc) is 2.81. The second-order valence-corrected chi connectivity index (χ2v) is 6.48. The molecule has 1 fully saturated rings. The van der Waals surface area contributed by atoms with E-state index in [1.165, 1.54) is 0 Å². The lowest BCUT2D eigenvalue weighted by Gasteiger charge is -2.28. The van der Waals surface area contributed by atoms with Crippen molar-refractivity contribution >= 4 is 23.2 Å². The lowest BCUT2D eigenvalue weighted by molar-refractivity contribution is 0.435. The lowest BCUT2D eigenvalue weighted by atomic mass is 9.84. The smallest absolute Gasteiger partial charge is 0.0458 e. The summed E-state index contributed by atoms with van der Waals surface area (Å²) >= 11 is 12.6. The van der Waals surface area contributed by atoms with Crippen molar-refractivity contribution in [2.45, 2.75) is 31.7 Å². The minimum absolute atomic E-state index is 0.0958. The first-order valence-electron chi connectivity index (χ1n) is 6.64. The van der Waals surface area contributed by atoms with Crippen LogP contribution in [0, 0.1) is 0 Å². The molecule has 0 radical (unpaired) electrons. The molecule has 0 saturated carbocycles. The maximum absolute atomic E-state index is 6.29. The Hall–Kier alpha value is -0.320. The second-order valence-electron chi connectivity index (χ2n) is 5.67. The molecule has 1 atom stereocenters. The van der Waals surface area contributed by atoms with Gasteiger partial charge in [-0.15, -0.1) is 0 Å². The summed E-state index contributed by atoms with van der Waals surface area (Å²) in [7, 11) is 0. The molecule has 1 saturated heterocycles. The normalized spacial score (nSPS) is 19.9. The molecule has 0 amide bonds. The van der Waals surface area contributed by atoms with Crippen LogP contribution in [0.1, 0.15) is 25.8 Å². The molecule has 1 aromatic rings. The molecule has 0 aliphatic carbocycles. The van der Waals surface area contributed by atoms with Crippen molar-refractivity contribution in [2.75, 3.05) is 19.6 Å². The van der Waals surface area contributed by atoms with E-state index in [9.17, 15) is 0 Å². The number of halogens is 2. The summed E-state index contributed by atoms with van der Waals surface area (Å²) in [6.07, 6.45) is 1.15. The van der Waals surface area contributed by atoms with Crippen LogP contribution in [0.25, 0.3) is 0 Å². The van der Waals surface area contributed by atoms with Crippen molar-refractivity contribution in [3.8, 4) is 0 Å². The molecular formula is C14H21Cl2N3. The predicted octanol–water partition coefficient (Wildman–Crippen LogP) is 2.73. The van der Waals surface area contributed by atoms with Gasteiger partial charge in [0.15, 0.2) is 0 Å². The van der Waals surface area contributed by atoms with Gasteiger partial charge in [0, 0.05) is 41.1 Å². The van der Waals surface area contributed by atoms with Gasteiger partial charge in [0.1, 0.15) is 0 Å². The molecule has 1 aliphatic heterocycles. The number of nitrogens with one attached hydrogen (secondary N) is 3. The van der Waals surface area contributed by atoms with Gasteiger partial charge in [0.25, 0.3) is 0 Å². The van der Waals surface area contributed by atoms with Crippen molar-refractivity contribution in [1.29, 1.82) is 0 Å². The Kier molecular flexibility index (Phi) is 5.09. The van der Waals surface area contributed by atoms with E-state index >= 15 is 0 Å². The van der Waals surface area contributed by atoms with Crippen LogP contribution in [0.4, 0.5) is 0 Å². The Balaban J connectivity index is 1.97. The average molecular weight is 302 g/mol. The van der Waals surface area contributed by atoms with Gasteiger partial charge in [-0.25, -0.2) is 0 Å².